The summed E-state index contributed by atoms with van der Waals surface area (Å²) in [5.74, 6) is -3.71. The quantitative estimate of drug-likeness (QED) is 0.413. The van der Waals surface area contributed by atoms with Crippen LogP contribution in [0.25, 0.3) is 0 Å². The molecule has 0 aliphatic carbocycles. The van der Waals surface area contributed by atoms with Crippen molar-refractivity contribution in [3.63, 3.8) is 0 Å². The van der Waals surface area contributed by atoms with E-state index in [4.69, 9.17) is 17.2 Å². The number of nitrogen functional groups attached to an aromatic ring is 3. The number of para-hydroxylation sites is 3. The standard InChI is InChI=1S/3C7H7NO2.N/c3*8-6-4-2-1-3-5(6)7(9)10;/h3*1-4H,8H2,(H,9,10);/q;;;+3/p-3. The number of carbonyl (C=O) groups excluding carboxylic acids is 3. The van der Waals surface area contributed by atoms with E-state index in [0.29, 0.717) is 0 Å². The highest BCUT2D eigenvalue weighted by molar-refractivity contribution is 5.92. The molecule has 10 nitrogen and oxygen atoms in total. The number of rotatable bonds is 3. The smallest absolute Gasteiger partial charge is 0.545 e. The fraction of sp³-hybridized carbons (Fsp3) is 0. The number of hydrogen-bond acceptors (Lipinski definition) is 9. The minimum Gasteiger partial charge on any atom is -0.545 e. The van der Waals surface area contributed by atoms with E-state index in [-0.39, 0.29) is 39.9 Å². The van der Waals surface area contributed by atoms with Crippen LogP contribution in [-0.2, 0) is 0 Å². The SMILES string of the molecule is Nc1ccccc1C(=O)[O-].Nc1ccccc1C(=O)[O-].Nc1ccccc1C(=O)[O-].[N+3]. The molecule has 0 unspecified atom stereocenters. The van der Waals surface area contributed by atoms with Crippen LogP contribution in [0.4, 0.5) is 17.1 Å². The molecule has 0 aliphatic heterocycles. The van der Waals surface area contributed by atoms with E-state index >= 15 is 0 Å². The number of carboxylic acid groups (broad SMARTS) is 3. The molecule has 31 heavy (non-hydrogen) atoms. The second-order valence-corrected chi connectivity index (χ2v) is 5.62. The Hall–Kier alpha value is -4.82. The van der Waals surface area contributed by atoms with Crippen LogP contribution in [0.3, 0.4) is 0 Å². The molecule has 0 atom stereocenters. The number of nitrogens with two attached hydrogens (primary N) is 3. The Kier molecular flexibility index (Phi) is 10.6. The van der Waals surface area contributed by atoms with Crippen LogP contribution in [0.15, 0.2) is 72.8 Å². The number of carboxylic acids is 3. The maximum Gasteiger partial charge on any atom is 3.00 e. The van der Waals surface area contributed by atoms with Crippen LogP contribution in [0.5, 0.6) is 0 Å². The normalized spacial score (nSPS) is 8.90. The zero-order chi connectivity index (χ0) is 22.7. The van der Waals surface area contributed by atoms with Crippen LogP contribution in [-0.4, -0.2) is 17.9 Å². The van der Waals surface area contributed by atoms with Gasteiger partial charge in [-0.1, -0.05) is 54.6 Å². The van der Waals surface area contributed by atoms with Crippen LogP contribution in [0.2, 0.25) is 0 Å². The molecule has 0 aliphatic rings. The summed E-state index contributed by atoms with van der Waals surface area (Å²) in [4.78, 5) is 30.7. The first-order valence-corrected chi connectivity index (χ1v) is 8.32. The highest BCUT2D eigenvalue weighted by Crippen LogP contribution is 2.09. The molecule has 0 saturated heterocycles. The van der Waals surface area contributed by atoms with Crippen molar-refractivity contribution in [1.29, 1.82) is 0 Å². The van der Waals surface area contributed by atoms with E-state index in [0.717, 1.165) is 0 Å². The Labute approximate surface area is 178 Å². The topological polar surface area (TPSA) is 229 Å². The summed E-state index contributed by atoms with van der Waals surface area (Å²) in [6.07, 6.45) is 0. The third kappa shape index (κ3) is 8.38. The molecule has 10 heteroatoms. The lowest BCUT2D eigenvalue weighted by Gasteiger charge is -2.03. The van der Waals surface area contributed by atoms with Crippen molar-refractivity contribution in [3.05, 3.63) is 89.5 Å². The monoisotopic (exact) mass is 422 g/mol. The van der Waals surface area contributed by atoms with Crippen molar-refractivity contribution >= 4 is 35.0 Å². The van der Waals surface area contributed by atoms with Gasteiger partial charge < -0.3 is 46.9 Å². The molecule has 0 spiro atoms. The van der Waals surface area contributed by atoms with E-state index in [1.807, 2.05) is 0 Å². The summed E-state index contributed by atoms with van der Waals surface area (Å²) < 4.78 is 0. The molecule has 0 saturated carbocycles. The zero-order valence-corrected chi connectivity index (χ0v) is 16.1. The summed E-state index contributed by atoms with van der Waals surface area (Å²) in [6, 6.07) is 18.6. The Bertz CT molecular complexity index is 908. The lowest BCUT2D eigenvalue weighted by atomic mass is 10.2. The number of hydrogen-bond donors (Lipinski definition) is 3. The summed E-state index contributed by atoms with van der Waals surface area (Å²) in [7, 11) is 0. The Morgan fingerprint density at radius 3 is 0.806 bits per heavy atom. The number of carbonyl (C=O) groups is 3. The number of anilines is 3. The first-order chi connectivity index (χ1) is 14.1. The van der Waals surface area contributed by atoms with Crippen LogP contribution in [0, 0.1) is 0 Å². The number of aromatic carboxylic acids is 3. The molecule has 0 aromatic heterocycles. The highest BCUT2D eigenvalue weighted by atomic mass is 16.4. The molecule has 158 valence electrons. The van der Waals surface area contributed by atoms with Gasteiger partial charge in [0, 0.05) is 33.8 Å². The average Bonchev–Trinajstić information content (AvgIpc) is 2.69. The molecular weight excluding hydrogens is 404 g/mol. The van der Waals surface area contributed by atoms with Crippen molar-refractivity contribution in [2.75, 3.05) is 17.2 Å². The van der Waals surface area contributed by atoms with Gasteiger partial charge in [-0.2, -0.15) is 0 Å². The van der Waals surface area contributed by atoms with E-state index in [9.17, 15) is 29.7 Å². The summed E-state index contributed by atoms with van der Waals surface area (Å²) in [5, 5.41) is 30.7. The first-order valence-electron chi connectivity index (χ1n) is 8.32. The van der Waals surface area contributed by atoms with Gasteiger partial charge in [-0.3, -0.25) is 0 Å². The maximum absolute atomic E-state index is 10.2. The average molecular weight is 422 g/mol. The van der Waals surface area contributed by atoms with Gasteiger partial charge in [0.1, 0.15) is 0 Å². The molecule has 0 amide bonds. The highest BCUT2D eigenvalue weighted by Gasteiger charge is 3.00. The number of benzene rings is 3. The molecule has 3 aromatic rings. The van der Waals surface area contributed by atoms with E-state index in [1.165, 1.54) is 36.4 Å². The third-order valence-electron chi connectivity index (χ3n) is 3.54. The zero-order valence-electron chi connectivity index (χ0n) is 16.1. The van der Waals surface area contributed by atoms with Crippen molar-refractivity contribution in [1.82, 2.24) is 6.15 Å². The Morgan fingerprint density at radius 1 is 0.484 bits per heavy atom. The number of nitrogens with zero attached hydrogens (tertiary/aromatic N) is 1. The van der Waals surface area contributed by atoms with Gasteiger partial charge in [-0.05, 0) is 18.2 Å². The lowest BCUT2D eigenvalue weighted by molar-refractivity contribution is -0.256. The van der Waals surface area contributed by atoms with Crippen molar-refractivity contribution in [2.45, 2.75) is 0 Å². The lowest BCUT2D eigenvalue weighted by Crippen LogP contribution is -2.23. The first kappa shape index (κ1) is 26.2. The van der Waals surface area contributed by atoms with Gasteiger partial charge in [0.25, 0.3) is 0 Å². The largest absolute Gasteiger partial charge is 3.00 e. The minimum absolute atomic E-state index is 0. The fourth-order valence-corrected chi connectivity index (χ4v) is 2.05. The second-order valence-electron chi connectivity index (χ2n) is 5.62. The van der Waals surface area contributed by atoms with Crippen molar-refractivity contribution in [3.8, 4) is 0 Å². The van der Waals surface area contributed by atoms with E-state index in [1.54, 1.807) is 36.4 Å². The second kappa shape index (κ2) is 12.6. The molecule has 0 heterocycles. The van der Waals surface area contributed by atoms with Crippen LogP contribution < -0.4 is 38.7 Å². The molecule has 6 N–H and O–H groups in total. The maximum atomic E-state index is 10.2. The Morgan fingerprint density at radius 2 is 0.677 bits per heavy atom. The fourth-order valence-electron chi connectivity index (χ4n) is 2.05. The van der Waals surface area contributed by atoms with Crippen LogP contribution >= 0.6 is 0 Å². The van der Waals surface area contributed by atoms with E-state index < -0.39 is 17.9 Å². The molecule has 3 rings (SSSR count). The molecular formula is C21H18N4O6. The molecule has 3 aromatic carbocycles. The van der Waals surface area contributed by atoms with Gasteiger partial charge in [-0.15, -0.1) is 0 Å². The molecule has 2 radical (unpaired) electrons. The summed E-state index contributed by atoms with van der Waals surface area (Å²) in [5.41, 5.74) is 16.7. The Balaban J connectivity index is 0.000000429. The summed E-state index contributed by atoms with van der Waals surface area (Å²) in [6.45, 7) is 0. The minimum atomic E-state index is -1.24. The molecule has 0 bridgehead atoms. The predicted octanol–water partition coefficient (Wildman–Crippen LogP) is -1.58. The van der Waals surface area contributed by atoms with Crippen molar-refractivity contribution in [2.24, 2.45) is 0 Å². The van der Waals surface area contributed by atoms with Gasteiger partial charge in [0.2, 0.25) is 0 Å². The van der Waals surface area contributed by atoms with E-state index in [2.05, 4.69) is 0 Å². The predicted molar refractivity (Wildman–Crippen MR) is 108 cm³/mol. The van der Waals surface area contributed by atoms with Gasteiger partial charge in [-0.25, -0.2) is 0 Å². The summed E-state index contributed by atoms with van der Waals surface area (Å²) >= 11 is 0. The van der Waals surface area contributed by atoms with Crippen LogP contribution in [0.1, 0.15) is 31.1 Å². The molecule has 0 fully saturated rings. The van der Waals surface area contributed by atoms with Crippen molar-refractivity contribution < 1.29 is 29.7 Å². The van der Waals surface area contributed by atoms with Gasteiger partial charge in [0.05, 0.1) is 17.9 Å². The van der Waals surface area contributed by atoms with Gasteiger partial charge >= 0.3 is 6.15 Å². The van der Waals surface area contributed by atoms with Gasteiger partial charge in [0.15, 0.2) is 0 Å². The third-order valence-corrected chi connectivity index (χ3v) is 3.54.